The first-order valence-electron chi connectivity index (χ1n) is 17.0. The number of anilines is 3. The molecule has 0 saturated heterocycles. The van der Waals surface area contributed by atoms with Gasteiger partial charge in [-0.05, 0) is 109 Å². The number of fused-ring (bicyclic) bond motifs is 9. The molecule has 0 N–H and O–H groups in total. The highest BCUT2D eigenvalue weighted by atomic mass is 32.1. The van der Waals surface area contributed by atoms with E-state index in [0.29, 0.717) is 0 Å². The van der Waals surface area contributed by atoms with Crippen LogP contribution in [-0.4, -0.2) is 4.98 Å². The third-order valence-electron chi connectivity index (χ3n) is 9.93. The zero-order valence-corrected chi connectivity index (χ0v) is 27.9. The Morgan fingerprint density at radius 1 is 0.380 bits per heavy atom. The fourth-order valence-electron chi connectivity index (χ4n) is 7.58. The average molecular weight is 655 g/mol. The molecule has 0 aliphatic heterocycles. The van der Waals surface area contributed by atoms with Crippen LogP contribution < -0.4 is 4.90 Å². The maximum atomic E-state index is 4.71. The molecule has 3 heteroatoms. The Kier molecular flexibility index (Phi) is 6.71. The first-order chi connectivity index (χ1) is 24.8. The van der Waals surface area contributed by atoms with Crippen molar-refractivity contribution >= 4 is 81.0 Å². The van der Waals surface area contributed by atoms with E-state index in [0.717, 1.165) is 21.9 Å². The van der Waals surface area contributed by atoms with Gasteiger partial charge in [0.1, 0.15) is 4.83 Å². The third-order valence-corrected chi connectivity index (χ3v) is 11.0. The summed E-state index contributed by atoms with van der Waals surface area (Å²) >= 11 is 1.75. The topological polar surface area (TPSA) is 16.1 Å². The number of hydrogen-bond donors (Lipinski definition) is 0. The summed E-state index contributed by atoms with van der Waals surface area (Å²) < 4.78 is 1.23. The van der Waals surface area contributed by atoms with Gasteiger partial charge in [-0.1, -0.05) is 121 Å². The zero-order valence-electron chi connectivity index (χ0n) is 27.1. The van der Waals surface area contributed by atoms with E-state index in [1.807, 2.05) is 12.3 Å². The van der Waals surface area contributed by atoms with Crippen LogP contribution in [0.4, 0.5) is 17.1 Å². The van der Waals surface area contributed by atoms with Crippen molar-refractivity contribution in [2.75, 3.05) is 4.90 Å². The monoisotopic (exact) mass is 654 g/mol. The van der Waals surface area contributed by atoms with Crippen molar-refractivity contribution in [1.29, 1.82) is 0 Å². The molecule has 0 aliphatic carbocycles. The van der Waals surface area contributed by atoms with Crippen LogP contribution in [0, 0.1) is 0 Å². The molecule has 0 bridgehead atoms. The minimum atomic E-state index is 1.06. The van der Waals surface area contributed by atoms with Gasteiger partial charge in [-0.3, -0.25) is 0 Å². The van der Waals surface area contributed by atoms with Gasteiger partial charge in [-0.2, -0.15) is 0 Å². The Hall–Kier alpha value is -6.29. The summed E-state index contributed by atoms with van der Waals surface area (Å²) in [5.41, 5.74) is 8.17. The highest BCUT2D eigenvalue weighted by molar-refractivity contribution is 7.25. The molecule has 10 rings (SSSR count). The molecule has 0 fully saturated rings. The predicted molar refractivity (Wildman–Crippen MR) is 215 cm³/mol. The van der Waals surface area contributed by atoms with Crippen molar-refractivity contribution in [2.45, 2.75) is 0 Å². The number of hydrogen-bond acceptors (Lipinski definition) is 3. The normalized spacial score (nSPS) is 11.6. The first kappa shape index (κ1) is 28.7. The van der Waals surface area contributed by atoms with E-state index in [2.05, 4.69) is 175 Å². The fourth-order valence-corrected chi connectivity index (χ4v) is 8.64. The number of thiophene rings is 1. The molecular weight excluding hydrogens is 625 g/mol. The van der Waals surface area contributed by atoms with E-state index in [1.165, 1.54) is 70.0 Å². The molecule has 0 aliphatic rings. The molecule has 0 unspecified atom stereocenters. The predicted octanol–water partition coefficient (Wildman–Crippen LogP) is 13.7. The lowest BCUT2D eigenvalue weighted by Crippen LogP contribution is -2.10. The quantitative estimate of drug-likeness (QED) is 0.172. The summed E-state index contributed by atoms with van der Waals surface area (Å²) in [6, 6.07) is 63.8. The summed E-state index contributed by atoms with van der Waals surface area (Å²) in [4.78, 5) is 8.16. The standard InChI is InChI=1S/C47H30N2S/c1-2-10-31(11-3-1)32-19-24-35(25-20-32)49(44-17-8-18-45-46(44)42-16-9-29-48-47(42)50-45)36-26-21-33(22-27-36)34-23-28-41-39-14-5-4-12-37(39)38-13-6-7-15-40(38)43(41)30-34/h1-30H. The minimum absolute atomic E-state index is 1.06. The van der Waals surface area contributed by atoms with Crippen molar-refractivity contribution in [3.63, 3.8) is 0 Å². The number of aromatic nitrogens is 1. The van der Waals surface area contributed by atoms with Crippen LogP contribution in [-0.2, 0) is 0 Å². The molecule has 10 aromatic rings. The Labute approximate surface area is 294 Å². The van der Waals surface area contributed by atoms with Gasteiger partial charge >= 0.3 is 0 Å². The van der Waals surface area contributed by atoms with Crippen LogP contribution in [0.15, 0.2) is 182 Å². The molecule has 2 nitrogen and oxygen atoms in total. The Bertz CT molecular complexity index is 2820. The smallest absolute Gasteiger partial charge is 0.124 e. The fraction of sp³-hybridized carbons (Fsp3) is 0. The Balaban J connectivity index is 1.12. The molecule has 50 heavy (non-hydrogen) atoms. The average Bonchev–Trinajstić information content (AvgIpc) is 3.58. The van der Waals surface area contributed by atoms with E-state index in [9.17, 15) is 0 Å². The molecule has 2 heterocycles. The Morgan fingerprint density at radius 2 is 0.900 bits per heavy atom. The van der Waals surface area contributed by atoms with E-state index in [4.69, 9.17) is 4.98 Å². The lowest BCUT2D eigenvalue weighted by Gasteiger charge is -2.27. The lowest BCUT2D eigenvalue weighted by atomic mass is 9.92. The summed E-state index contributed by atoms with van der Waals surface area (Å²) in [5, 5.41) is 10.2. The second-order valence-electron chi connectivity index (χ2n) is 12.8. The lowest BCUT2D eigenvalue weighted by molar-refractivity contribution is 1.30. The zero-order chi connectivity index (χ0) is 33.0. The first-order valence-corrected chi connectivity index (χ1v) is 17.8. The summed E-state index contributed by atoms with van der Waals surface area (Å²) in [6.07, 6.45) is 1.88. The largest absolute Gasteiger partial charge is 0.310 e. The molecule has 0 spiro atoms. The van der Waals surface area contributed by atoms with Gasteiger partial charge in [0.25, 0.3) is 0 Å². The molecule has 8 aromatic carbocycles. The molecule has 2 aromatic heterocycles. The van der Waals surface area contributed by atoms with Crippen LogP contribution in [0.1, 0.15) is 0 Å². The van der Waals surface area contributed by atoms with Crippen molar-refractivity contribution in [1.82, 2.24) is 4.98 Å². The van der Waals surface area contributed by atoms with Crippen LogP contribution in [0.2, 0.25) is 0 Å². The molecular formula is C47H30N2S. The van der Waals surface area contributed by atoms with Gasteiger partial charge in [0, 0.05) is 33.0 Å². The van der Waals surface area contributed by atoms with Crippen molar-refractivity contribution in [2.24, 2.45) is 0 Å². The van der Waals surface area contributed by atoms with Gasteiger partial charge in [0.05, 0.1) is 5.69 Å². The second kappa shape index (κ2) is 11.7. The van der Waals surface area contributed by atoms with E-state index in [1.54, 1.807) is 11.3 Å². The number of rotatable bonds is 5. The molecule has 234 valence electrons. The van der Waals surface area contributed by atoms with Crippen LogP contribution in [0.25, 0.3) is 74.9 Å². The van der Waals surface area contributed by atoms with Crippen molar-refractivity contribution in [3.8, 4) is 22.3 Å². The van der Waals surface area contributed by atoms with Gasteiger partial charge in [-0.15, -0.1) is 11.3 Å². The van der Waals surface area contributed by atoms with Crippen LogP contribution >= 0.6 is 11.3 Å². The summed E-state index contributed by atoms with van der Waals surface area (Å²) in [7, 11) is 0. The Morgan fingerprint density at radius 3 is 1.56 bits per heavy atom. The SMILES string of the molecule is c1ccc(-c2ccc(N(c3ccc(-c4ccc5c6ccccc6c6ccccc6c5c4)cc3)c3cccc4sc5ncccc5c34)cc2)cc1. The van der Waals surface area contributed by atoms with Gasteiger partial charge in [-0.25, -0.2) is 4.98 Å². The molecule has 0 radical (unpaired) electrons. The highest BCUT2D eigenvalue weighted by Crippen LogP contribution is 2.45. The second-order valence-corrected chi connectivity index (χ2v) is 13.8. The van der Waals surface area contributed by atoms with Crippen molar-refractivity contribution < 1.29 is 0 Å². The number of benzene rings is 8. The minimum Gasteiger partial charge on any atom is -0.310 e. The molecule has 0 atom stereocenters. The van der Waals surface area contributed by atoms with Crippen LogP contribution in [0.5, 0.6) is 0 Å². The van der Waals surface area contributed by atoms with Crippen LogP contribution in [0.3, 0.4) is 0 Å². The van der Waals surface area contributed by atoms with E-state index in [-0.39, 0.29) is 0 Å². The summed E-state index contributed by atoms with van der Waals surface area (Å²) in [6.45, 7) is 0. The number of pyridine rings is 1. The maximum Gasteiger partial charge on any atom is 0.124 e. The maximum absolute atomic E-state index is 4.71. The highest BCUT2D eigenvalue weighted by Gasteiger charge is 2.19. The van der Waals surface area contributed by atoms with Gasteiger partial charge in [0.2, 0.25) is 0 Å². The van der Waals surface area contributed by atoms with Gasteiger partial charge < -0.3 is 4.90 Å². The van der Waals surface area contributed by atoms with E-state index >= 15 is 0 Å². The third kappa shape index (κ3) is 4.67. The van der Waals surface area contributed by atoms with E-state index < -0.39 is 0 Å². The summed E-state index contributed by atoms with van der Waals surface area (Å²) in [5.74, 6) is 0. The van der Waals surface area contributed by atoms with Gasteiger partial charge in [0.15, 0.2) is 0 Å². The number of nitrogens with zero attached hydrogens (tertiary/aromatic N) is 2. The molecule has 0 amide bonds. The molecule has 0 saturated carbocycles. The van der Waals surface area contributed by atoms with Crippen molar-refractivity contribution in [3.05, 3.63) is 182 Å².